The molecule has 1 aromatic carbocycles. The van der Waals surface area contributed by atoms with E-state index in [1.54, 1.807) is 18.2 Å². The van der Waals surface area contributed by atoms with Gasteiger partial charge in [-0.15, -0.1) is 0 Å². The molecule has 80 valence electrons. The number of nitrogens with two attached hydrogens (primary N) is 1. The van der Waals surface area contributed by atoms with Crippen LogP contribution in [0.25, 0.3) is 0 Å². The van der Waals surface area contributed by atoms with E-state index < -0.39 is 4.92 Å². The molecule has 0 spiro atoms. The largest absolute Gasteiger partial charge is 0.483 e. The number of rotatable bonds is 3. The Labute approximate surface area is 87.0 Å². The van der Waals surface area contributed by atoms with Crippen molar-refractivity contribution in [3.63, 3.8) is 0 Å². The Kier molecular flexibility index (Phi) is 2.55. The number of benzene rings is 1. The molecule has 1 aromatic rings. The van der Waals surface area contributed by atoms with Crippen LogP contribution in [-0.4, -0.2) is 17.1 Å². The number of nitro benzene ring substituents is 1. The summed E-state index contributed by atoms with van der Waals surface area (Å²) in [5.41, 5.74) is 5.62. The van der Waals surface area contributed by atoms with Crippen LogP contribution in [0.5, 0.6) is 5.75 Å². The molecule has 0 saturated heterocycles. The van der Waals surface area contributed by atoms with Crippen molar-refractivity contribution in [2.24, 2.45) is 5.73 Å². The van der Waals surface area contributed by atoms with Crippen molar-refractivity contribution in [2.45, 2.75) is 25.0 Å². The van der Waals surface area contributed by atoms with Gasteiger partial charge in [0, 0.05) is 12.1 Å². The normalized spacial score (nSPS) is 24.3. The number of para-hydroxylation sites is 2. The summed E-state index contributed by atoms with van der Waals surface area (Å²) in [7, 11) is 0. The lowest BCUT2D eigenvalue weighted by atomic mass is 9.90. The van der Waals surface area contributed by atoms with Crippen LogP contribution in [0.2, 0.25) is 0 Å². The highest BCUT2D eigenvalue weighted by Gasteiger charge is 2.29. The Bertz CT molecular complexity index is 375. The summed E-state index contributed by atoms with van der Waals surface area (Å²) in [5.74, 6) is 0.333. The molecule has 0 aliphatic heterocycles. The summed E-state index contributed by atoms with van der Waals surface area (Å²) in [6, 6.07) is 6.58. The van der Waals surface area contributed by atoms with Gasteiger partial charge >= 0.3 is 5.69 Å². The maximum absolute atomic E-state index is 10.7. The van der Waals surface area contributed by atoms with Crippen molar-refractivity contribution in [3.05, 3.63) is 34.4 Å². The Morgan fingerprint density at radius 3 is 2.67 bits per heavy atom. The van der Waals surface area contributed by atoms with Gasteiger partial charge in [0.1, 0.15) is 6.10 Å². The highest BCUT2D eigenvalue weighted by Crippen LogP contribution is 2.31. The molecular formula is C10H12N2O3. The van der Waals surface area contributed by atoms with Crippen LogP contribution in [0.1, 0.15) is 12.8 Å². The van der Waals surface area contributed by atoms with Crippen LogP contribution in [0.3, 0.4) is 0 Å². The smallest absolute Gasteiger partial charge is 0.310 e. The lowest BCUT2D eigenvalue weighted by Crippen LogP contribution is -2.43. The van der Waals surface area contributed by atoms with Crippen molar-refractivity contribution in [3.8, 4) is 5.75 Å². The van der Waals surface area contributed by atoms with Crippen molar-refractivity contribution in [1.82, 2.24) is 0 Å². The molecule has 0 unspecified atom stereocenters. The summed E-state index contributed by atoms with van der Waals surface area (Å²) in [5, 5.41) is 10.7. The highest BCUT2D eigenvalue weighted by atomic mass is 16.6. The number of nitrogens with zero attached hydrogens (tertiary/aromatic N) is 1. The standard InChI is InChI=1S/C10H12N2O3/c11-7-5-8(6-7)15-10-4-2-1-3-9(10)12(13)14/h1-4,7-8H,5-6,11H2. The molecular weight excluding hydrogens is 196 g/mol. The molecule has 0 amide bonds. The van der Waals surface area contributed by atoms with Crippen LogP contribution >= 0.6 is 0 Å². The monoisotopic (exact) mass is 208 g/mol. The first kappa shape index (κ1) is 9.92. The fourth-order valence-corrected chi connectivity index (χ4v) is 1.59. The molecule has 0 radical (unpaired) electrons. The van der Waals surface area contributed by atoms with E-state index in [-0.39, 0.29) is 17.8 Å². The van der Waals surface area contributed by atoms with Crippen molar-refractivity contribution < 1.29 is 9.66 Å². The van der Waals surface area contributed by atoms with Crippen molar-refractivity contribution in [2.75, 3.05) is 0 Å². The summed E-state index contributed by atoms with van der Waals surface area (Å²) >= 11 is 0. The molecule has 0 heterocycles. The minimum atomic E-state index is -0.437. The molecule has 0 atom stereocenters. The number of nitro groups is 1. The van der Waals surface area contributed by atoms with Crippen LogP contribution in [0.4, 0.5) is 5.69 Å². The Hall–Kier alpha value is -1.62. The van der Waals surface area contributed by atoms with Crippen LogP contribution < -0.4 is 10.5 Å². The SMILES string of the molecule is NC1CC(Oc2ccccc2[N+](=O)[O-])C1. The molecule has 2 rings (SSSR count). The Morgan fingerprint density at radius 2 is 2.07 bits per heavy atom. The van der Waals surface area contributed by atoms with Gasteiger partial charge in [-0.1, -0.05) is 12.1 Å². The minimum Gasteiger partial charge on any atom is -0.483 e. The third-order valence-corrected chi connectivity index (χ3v) is 2.49. The zero-order valence-corrected chi connectivity index (χ0v) is 8.13. The molecule has 15 heavy (non-hydrogen) atoms. The van der Waals surface area contributed by atoms with Crippen molar-refractivity contribution in [1.29, 1.82) is 0 Å². The van der Waals surface area contributed by atoms with Crippen molar-refractivity contribution >= 4 is 5.69 Å². The number of hydrogen-bond donors (Lipinski definition) is 1. The molecule has 1 saturated carbocycles. The molecule has 0 aromatic heterocycles. The average molecular weight is 208 g/mol. The molecule has 1 aliphatic carbocycles. The highest BCUT2D eigenvalue weighted by molar-refractivity contribution is 5.45. The number of ether oxygens (including phenoxy) is 1. The van der Waals surface area contributed by atoms with E-state index in [1.165, 1.54) is 6.07 Å². The first-order valence-electron chi connectivity index (χ1n) is 4.82. The van der Waals surface area contributed by atoms with E-state index in [4.69, 9.17) is 10.5 Å². The third-order valence-electron chi connectivity index (χ3n) is 2.49. The average Bonchev–Trinajstić information content (AvgIpc) is 2.16. The maximum Gasteiger partial charge on any atom is 0.310 e. The predicted molar refractivity (Wildman–Crippen MR) is 54.7 cm³/mol. The fraction of sp³-hybridized carbons (Fsp3) is 0.400. The van der Waals surface area contributed by atoms with Gasteiger partial charge in [0.2, 0.25) is 0 Å². The fourth-order valence-electron chi connectivity index (χ4n) is 1.59. The van der Waals surface area contributed by atoms with Crippen LogP contribution in [0, 0.1) is 10.1 Å². The molecule has 5 heteroatoms. The van der Waals surface area contributed by atoms with Gasteiger partial charge in [-0.3, -0.25) is 10.1 Å². The van der Waals surface area contributed by atoms with Gasteiger partial charge in [-0.25, -0.2) is 0 Å². The molecule has 0 bridgehead atoms. The number of hydrogen-bond acceptors (Lipinski definition) is 4. The summed E-state index contributed by atoms with van der Waals surface area (Å²) in [6.45, 7) is 0. The third kappa shape index (κ3) is 2.07. The second kappa shape index (κ2) is 3.86. The first-order valence-corrected chi connectivity index (χ1v) is 4.82. The molecule has 1 aliphatic rings. The first-order chi connectivity index (χ1) is 7.16. The van der Waals surface area contributed by atoms with E-state index in [2.05, 4.69) is 0 Å². The topological polar surface area (TPSA) is 78.4 Å². The van der Waals surface area contributed by atoms with E-state index in [1.807, 2.05) is 0 Å². The van der Waals surface area contributed by atoms with Gasteiger partial charge in [-0.05, 0) is 18.9 Å². The van der Waals surface area contributed by atoms with E-state index in [0.717, 1.165) is 12.8 Å². The molecule has 5 nitrogen and oxygen atoms in total. The van der Waals surface area contributed by atoms with E-state index >= 15 is 0 Å². The van der Waals surface area contributed by atoms with Gasteiger partial charge in [0.25, 0.3) is 0 Å². The van der Waals surface area contributed by atoms with Gasteiger partial charge in [-0.2, -0.15) is 0 Å². The second-order valence-corrected chi connectivity index (χ2v) is 3.70. The lowest BCUT2D eigenvalue weighted by Gasteiger charge is -2.32. The quantitative estimate of drug-likeness (QED) is 0.602. The Morgan fingerprint density at radius 1 is 1.40 bits per heavy atom. The van der Waals surface area contributed by atoms with E-state index in [9.17, 15) is 10.1 Å². The van der Waals surface area contributed by atoms with Crippen LogP contribution in [-0.2, 0) is 0 Å². The van der Waals surface area contributed by atoms with E-state index in [0.29, 0.717) is 5.75 Å². The zero-order valence-electron chi connectivity index (χ0n) is 8.13. The van der Waals surface area contributed by atoms with Gasteiger partial charge < -0.3 is 10.5 Å². The van der Waals surface area contributed by atoms with Gasteiger partial charge in [0.15, 0.2) is 5.75 Å². The van der Waals surface area contributed by atoms with Gasteiger partial charge in [0.05, 0.1) is 4.92 Å². The predicted octanol–water partition coefficient (Wildman–Crippen LogP) is 1.46. The summed E-state index contributed by atoms with van der Waals surface area (Å²) in [4.78, 5) is 10.2. The maximum atomic E-state index is 10.7. The lowest BCUT2D eigenvalue weighted by molar-refractivity contribution is -0.386. The van der Waals surface area contributed by atoms with Crippen LogP contribution in [0.15, 0.2) is 24.3 Å². The summed E-state index contributed by atoms with van der Waals surface area (Å²) < 4.78 is 5.49. The molecule has 2 N–H and O–H groups in total. The Balaban J connectivity index is 2.10. The minimum absolute atomic E-state index is 0.0120. The zero-order chi connectivity index (χ0) is 10.8. The molecule has 1 fully saturated rings. The summed E-state index contributed by atoms with van der Waals surface area (Å²) in [6.07, 6.45) is 1.57. The second-order valence-electron chi connectivity index (χ2n) is 3.70.